The molecule has 5 aromatic carbocycles. The molecule has 1 saturated carbocycles. The van der Waals surface area contributed by atoms with Crippen LogP contribution in [0.25, 0.3) is 10.9 Å². The molecular formula is C53H57N5O9. The molecule has 2 aliphatic rings. The largest absolute Gasteiger partial charge is 0.506 e. The van der Waals surface area contributed by atoms with E-state index in [4.69, 9.17) is 9.47 Å². The first-order valence-electron chi connectivity index (χ1n) is 22.8. The Balaban J connectivity index is 0.747. The molecule has 2 amide bonds. The van der Waals surface area contributed by atoms with Crippen molar-refractivity contribution in [3.63, 3.8) is 0 Å². The number of nitrogens with zero attached hydrogens (tertiary/aromatic N) is 1. The minimum atomic E-state index is -2.10. The molecule has 2 atom stereocenters. The van der Waals surface area contributed by atoms with Crippen molar-refractivity contribution in [2.45, 2.75) is 69.0 Å². The normalized spacial score (nSPS) is 17.7. The lowest BCUT2D eigenvalue weighted by atomic mass is 9.86. The average Bonchev–Trinajstić information content (AvgIpc) is 3.33. The Morgan fingerprint density at radius 2 is 1.43 bits per heavy atom. The van der Waals surface area contributed by atoms with Gasteiger partial charge in [0.15, 0.2) is 6.61 Å². The summed E-state index contributed by atoms with van der Waals surface area (Å²) in [5, 5.41) is 42.9. The van der Waals surface area contributed by atoms with Gasteiger partial charge in [-0.3, -0.25) is 19.3 Å². The van der Waals surface area contributed by atoms with Crippen LogP contribution in [0.15, 0.2) is 138 Å². The zero-order valence-corrected chi connectivity index (χ0v) is 37.2. The number of phenolic OH excluding ortho intramolecular Hbond substituents is 1. The van der Waals surface area contributed by atoms with E-state index >= 15 is 0 Å². The minimum absolute atomic E-state index is 0.0657. The van der Waals surface area contributed by atoms with Gasteiger partial charge in [-0.05, 0) is 96.8 Å². The highest BCUT2D eigenvalue weighted by Gasteiger charge is 2.42. The number of hydrogen-bond acceptors (Lipinski definition) is 11. The number of benzene rings is 5. The van der Waals surface area contributed by atoms with E-state index in [2.05, 4.69) is 38.0 Å². The molecule has 2 heterocycles. The molecule has 67 heavy (non-hydrogen) atoms. The van der Waals surface area contributed by atoms with Crippen molar-refractivity contribution >= 4 is 28.7 Å². The molecule has 8 rings (SSSR count). The quantitative estimate of drug-likeness (QED) is 0.0532. The lowest BCUT2D eigenvalue weighted by Gasteiger charge is -2.36. The van der Waals surface area contributed by atoms with E-state index in [1.54, 1.807) is 60.7 Å². The van der Waals surface area contributed by atoms with Crippen molar-refractivity contribution in [3.05, 3.63) is 177 Å². The summed E-state index contributed by atoms with van der Waals surface area (Å²) in [7, 11) is 0. The molecule has 6 aromatic rings. The van der Waals surface area contributed by atoms with Gasteiger partial charge in [0.1, 0.15) is 11.5 Å². The number of piperidine rings is 1. The predicted octanol–water partition coefficient (Wildman–Crippen LogP) is 5.13. The second-order valence-corrected chi connectivity index (χ2v) is 17.6. The van der Waals surface area contributed by atoms with E-state index < -0.39 is 17.7 Å². The van der Waals surface area contributed by atoms with Gasteiger partial charge in [-0.25, -0.2) is 4.79 Å². The smallest absolute Gasteiger partial charge is 0.347 e. The summed E-state index contributed by atoms with van der Waals surface area (Å²) < 4.78 is 11.7. The van der Waals surface area contributed by atoms with Crippen LogP contribution in [-0.2, 0) is 44.2 Å². The Morgan fingerprint density at radius 3 is 2.16 bits per heavy atom. The Morgan fingerprint density at radius 1 is 0.761 bits per heavy atom. The Hall–Kier alpha value is -6.84. The van der Waals surface area contributed by atoms with Crippen LogP contribution in [-0.4, -0.2) is 87.9 Å². The highest BCUT2D eigenvalue weighted by molar-refractivity contribution is 5.88. The molecular weight excluding hydrogens is 851 g/mol. The number of carbonyl (C=O) groups is 3. The molecule has 1 aliphatic carbocycles. The second-order valence-electron chi connectivity index (χ2n) is 17.6. The maximum Gasteiger partial charge on any atom is 0.347 e. The van der Waals surface area contributed by atoms with E-state index in [-0.39, 0.29) is 78.4 Å². The Kier molecular flexibility index (Phi) is 15.1. The number of aromatic hydroxyl groups is 1. The number of carbonyl (C=O) groups excluding carboxylic acids is 3. The summed E-state index contributed by atoms with van der Waals surface area (Å²) in [6.45, 7) is 3.32. The summed E-state index contributed by atoms with van der Waals surface area (Å²) in [5.74, 6) is -0.798. The molecule has 1 aromatic heterocycles. The molecule has 7 N–H and O–H groups in total. The molecule has 1 aliphatic heterocycles. The van der Waals surface area contributed by atoms with Crippen LogP contribution in [0.3, 0.4) is 0 Å². The lowest BCUT2D eigenvalue weighted by Crippen LogP contribution is -2.54. The Bertz CT molecular complexity index is 2680. The van der Waals surface area contributed by atoms with E-state index in [0.717, 1.165) is 43.6 Å². The number of hydrogen-bond donors (Lipinski definition) is 7. The highest BCUT2D eigenvalue weighted by atomic mass is 16.5. The maximum atomic E-state index is 13.8. The summed E-state index contributed by atoms with van der Waals surface area (Å²) in [6.07, 6.45) is 2.26. The molecule has 2 fully saturated rings. The van der Waals surface area contributed by atoms with Gasteiger partial charge in [-0.1, -0.05) is 103 Å². The number of likely N-dealkylation sites (tertiary alicyclic amines) is 1. The van der Waals surface area contributed by atoms with E-state index in [9.17, 15) is 34.5 Å². The van der Waals surface area contributed by atoms with Gasteiger partial charge < -0.3 is 45.7 Å². The number of nitrogens with one attached hydrogen (secondary N) is 4. The summed E-state index contributed by atoms with van der Waals surface area (Å²) in [6, 6.07) is 39.0. The molecule has 1 saturated heterocycles. The number of aromatic nitrogens is 1. The van der Waals surface area contributed by atoms with E-state index in [1.807, 2.05) is 48.5 Å². The van der Waals surface area contributed by atoms with E-state index in [0.29, 0.717) is 41.6 Å². The molecule has 0 radical (unpaired) electrons. The van der Waals surface area contributed by atoms with Crippen molar-refractivity contribution in [1.29, 1.82) is 0 Å². The van der Waals surface area contributed by atoms with Gasteiger partial charge in [-0.2, -0.15) is 0 Å². The summed E-state index contributed by atoms with van der Waals surface area (Å²) in [5.41, 5.74) is 2.13. The van der Waals surface area contributed by atoms with Crippen molar-refractivity contribution in [2.75, 3.05) is 32.8 Å². The van der Waals surface area contributed by atoms with Gasteiger partial charge in [0.2, 0.25) is 17.1 Å². The third-order valence-electron chi connectivity index (χ3n) is 12.7. The van der Waals surface area contributed by atoms with Crippen molar-refractivity contribution in [3.8, 4) is 11.5 Å². The third-order valence-corrected chi connectivity index (χ3v) is 12.7. The molecule has 0 spiro atoms. The van der Waals surface area contributed by atoms with Crippen LogP contribution >= 0.6 is 0 Å². The number of rotatable bonds is 19. The first kappa shape index (κ1) is 46.7. The van der Waals surface area contributed by atoms with Crippen molar-refractivity contribution in [1.82, 2.24) is 25.8 Å². The van der Waals surface area contributed by atoms with Crippen molar-refractivity contribution < 1.29 is 39.2 Å². The zero-order valence-electron chi connectivity index (χ0n) is 37.2. The molecule has 348 valence electrons. The van der Waals surface area contributed by atoms with Crippen LogP contribution in [0.4, 0.5) is 0 Å². The van der Waals surface area contributed by atoms with Gasteiger partial charge >= 0.3 is 5.97 Å². The zero-order chi connectivity index (χ0) is 46.8. The van der Waals surface area contributed by atoms with Crippen LogP contribution in [0.2, 0.25) is 0 Å². The number of esters is 1. The van der Waals surface area contributed by atoms with Gasteiger partial charge in [0, 0.05) is 48.7 Å². The number of fused-ring (bicyclic) bond motifs is 1. The standard InChI is InChI=1S/C53H57N5O9/c59-46-20-18-44(45-19-21-48(61)57-51(45)46)47(60)31-54-30-36-16-14-35(15-17-36)26-49(62)55-41-28-42(29-41)56-50(63)34-66-43-13-7-12-40(27-43)53(65,39-10-5-2-6-11-39)52(64)67-33-38-22-24-58(25-23-38)32-37-8-3-1-4-9-37/h1-21,27,38,41-42,47,54,59-60,65H,22-26,28-34H2,(H,55,62)(H,56,63)(H,57,61)/t41?,42?,47-,53-/m0/s1. The first-order chi connectivity index (χ1) is 32.5. The monoisotopic (exact) mass is 907 g/mol. The summed E-state index contributed by atoms with van der Waals surface area (Å²) in [4.78, 5) is 56.4. The number of aromatic amines is 1. The number of aliphatic hydroxyl groups excluding tert-OH is 1. The summed E-state index contributed by atoms with van der Waals surface area (Å²) >= 11 is 0. The number of phenols is 1. The Labute approximate surface area is 389 Å². The van der Waals surface area contributed by atoms with Crippen LogP contribution in [0.5, 0.6) is 11.5 Å². The van der Waals surface area contributed by atoms with E-state index in [1.165, 1.54) is 17.7 Å². The molecule has 0 unspecified atom stereocenters. The topological polar surface area (TPSA) is 203 Å². The number of H-pyrrole nitrogens is 1. The van der Waals surface area contributed by atoms with Crippen LogP contribution < -0.4 is 26.2 Å². The SMILES string of the molecule is O=C(COc1cccc([C@](O)(C(=O)OCC2CCN(Cc3ccccc3)CC2)c2ccccc2)c1)NC1CC(NC(=O)Cc2ccc(CNC[C@H](O)c3ccc(O)c4[nH]c(=O)ccc34)cc2)C1. The molecule has 14 heteroatoms. The fourth-order valence-corrected chi connectivity index (χ4v) is 8.87. The van der Waals surface area contributed by atoms with Gasteiger partial charge in [-0.15, -0.1) is 0 Å². The lowest BCUT2D eigenvalue weighted by molar-refractivity contribution is -0.164. The predicted molar refractivity (Wildman–Crippen MR) is 253 cm³/mol. The maximum absolute atomic E-state index is 13.8. The average molecular weight is 908 g/mol. The molecule has 0 bridgehead atoms. The highest BCUT2D eigenvalue weighted by Crippen LogP contribution is 2.34. The van der Waals surface area contributed by atoms with Gasteiger partial charge in [0.25, 0.3) is 5.91 Å². The number of aliphatic hydroxyl groups is 2. The van der Waals surface area contributed by atoms with Crippen LogP contribution in [0.1, 0.15) is 65.2 Å². The number of amides is 2. The minimum Gasteiger partial charge on any atom is -0.506 e. The fraction of sp³-hybridized carbons (Fsp3) is 0.321. The number of ether oxygens (including phenoxy) is 2. The first-order valence-corrected chi connectivity index (χ1v) is 22.8. The van der Waals surface area contributed by atoms with Gasteiger partial charge in [0.05, 0.1) is 24.6 Å². The van der Waals surface area contributed by atoms with Crippen molar-refractivity contribution in [2.24, 2.45) is 5.92 Å². The van der Waals surface area contributed by atoms with Crippen LogP contribution in [0, 0.1) is 5.92 Å². The molecule has 14 nitrogen and oxygen atoms in total. The number of pyridine rings is 1. The second kappa shape index (κ2) is 21.6. The fourth-order valence-electron chi connectivity index (χ4n) is 8.87. The third kappa shape index (κ3) is 12.0.